The van der Waals surface area contributed by atoms with Gasteiger partial charge in [0.2, 0.25) is 5.88 Å². The minimum atomic E-state index is 0.455. The smallest absolute Gasteiger partial charge is 0.216 e. The molecule has 0 unspecified atom stereocenters. The van der Waals surface area contributed by atoms with Crippen molar-refractivity contribution in [1.29, 1.82) is 0 Å². The Balaban J connectivity index is 1.62. The number of halogens is 1. The van der Waals surface area contributed by atoms with Crippen molar-refractivity contribution in [2.24, 2.45) is 0 Å². The topological polar surface area (TPSA) is 64.9 Å². The molecular formula is C17H18ClN5O. The highest BCUT2D eigenvalue weighted by atomic mass is 35.5. The Morgan fingerprint density at radius 2 is 2.00 bits per heavy atom. The molecule has 0 aliphatic heterocycles. The van der Waals surface area contributed by atoms with E-state index in [4.69, 9.17) is 16.3 Å². The molecule has 124 valence electrons. The van der Waals surface area contributed by atoms with Crippen molar-refractivity contribution in [2.75, 3.05) is 18.5 Å². The van der Waals surface area contributed by atoms with Gasteiger partial charge in [-0.15, -0.1) is 0 Å². The van der Waals surface area contributed by atoms with Gasteiger partial charge in [0.25, 0.3) is 0 Å². The third-order valence-electron chi connectivity index (χ3n) is 3.56. The fraction of sp³-hybridized carbons (Fsp3) is 0.235. The molecule has 0 spiro atoms. The van der Waals surface area contributed by atoms with Crippen LogP contribution < -0.4 is 10.1 Å². The number of aromatic nitrogens is 4. The molecule has 24 heavy (non-hydrogen) atoms. The average molecular weight is 344 g/mol. The van der Waals surface area contributed by atoms with Crippen LogP contribution in [0.4, 0.5) is 5.82 Å². The number of hydrogen-bond acceptors (Lipinski definition) is 5. The van der Waals surface area contributed by atoms with Gasteiger partial charge in [-0.25, -0.2) is 14.6 Å². The predicted molar refractivity (Wildman–Crippen MR) is 94.1 cm³/mol. The van der Waals surface area contributed by atoms with Crippen LogP contribution in [-0.2, 0) is 0 Å². The lowest BCUT2D eigenvalue weighted by Crippen LogP contribution is -2.14. The van der Waals surface area contributed by atoms with Gasteiger partial charge in [0.15, 0.2) is 0 Å². The van der Waals surface area contributed by atoms with Gasteiger partial charge < -0.3 is 10.1 Å². The van der Waals surface area contributed by atoms with Gasteiger partial charge in [-0.3, -0.25) is 0 Å². The first kappa shape index (κ1) is 16.3. The van der Waals surface area contributed by atoms with Gasteiger partial charge in [-0.1, -0.05) is 29.8 Å². The van der Waals surface area contributed by atoms with Gasteiger partial charge in [-0.05, 0) is 25.5 Å². The number of ether oxygens (including phenoxy) is 1. The number of benzene rings is 1. The molecule has 0 aliphatic carbocycles. The first-order valence-electron chi connectivity index (χ1n) is 7.60. The van der Waals surface area contributed by atoms with E-state index in [1.807, 2.05) is 44.2 Å². The van der Waals surface area contributed by atoms with E-state index in [9.17, 15) is 0 Å². The van der Waals surface area contributed by atoms with E-state index in [1.54, 1.807) is 10.9 Å². The lowest BCUT2D eigenvalue weighted by molar-refractivity contribution is 0.310. The van der Waals surface area contributed by atoms with Crippen molar-refractivity contribution < 1.29 is 4.74 Å². The molecule has 3 aromatic rings. The summed E-state index contributed by atoms with van der Waals surface area (Å²) in [7, 11) is 0. The van der Waals surface area contributed by atoms with Crippen LogP contribution in [0.5, 0.6) is 5.88 Å². The zero-order valence-electron chi connectivity index (χ0n) is 13.5. The minimum absolute atomic E-state index is 0.455. The molecule has 0 aliphatic rings. The van der Waals surface area contributed by atoms with E-state index in [0.717, 1.165) is 16.9 Å². The maximum atomic E-state index is 6.15. The van der Waals surface area contributed by atoms with Crippen molar-refractivity contribution in [1.82, 2.24) is 19.7 Å². The summed E-state index contributed by atoms with van der Waals surface area (Å²) < 4.78 is 7.62. The van der Waals surface area contributed by atoms with Crippen LogP contribution in [0.15, 0.2) is 42.9 Å². The third kappa shape index (κ3) is 3.49. The second kappa shape index (κ2) is 7.31. The first-order valence-corrected chi connectivity index (χ1v) is 7.98. The third-order valence-corrected chi connectivity index (χ3v) is 4.01. The summed E-state index contributed by atoms with van der Waals surface area (Å²) in [6.45, 7) is 4.90. The Morgan fingerprint density at radius 3 is 2.83 bits per heavy atom. The molecule has 7 heteroatoms. The van der Waals surface area contributed by atoms with E-state index in [2.05, 4.69) is 20.4 Å². The van der Waals surface area contributed by atoms with E-state index in [-0.39, 0.29) is 0 Å². The van der Waals surface area contributed by atoms with E-state index in [1.165, 1.54) is 6.33 Å². The molecule has 0 radical (unpaired) electrons. The lowest BCUT2D eigenvalue weighted by atomic mass is 10.2. The highest BCUT2D eigenvalue weighted by Gasteiger charge is 2.09. The first-order chi connectivity index (χ1) is 11.7. The Kier molecular flexibility index (Phi) is 4.96. The van der Waals surface area contributed by atoms with Gasteiger partial charge in [0, 0.05) is 6.07 Å². The lowest BCUT2D eigenvalue weighted by Gasteiger charge is -2.12. The second-order valence-corrected chi connectivity index (χ2v) is 5.64. The maximum absolute atomic E-state index is 6.15. The molecule has 6 nitrogen and oxygen atoms in total. The van der Waals surface area contributed by atoms with E-state index in [0.29, 0.717) is 29.9 Å². The number of rotatable bonds is 6. The number of anilines is 1. The number of hydrogen-bond donors (Lipinski definition) is 1. The SMILES string of the molecule is Cc1ccccc1-n1nccc1OCCNc1ncnc(C)c1Cl. The largest absolute Gasteiger partial charge is 0.476 e. The van der Waals surface area contributed by atoms with Crippen LogP contribution in [0.2, 0.25) is 5.02 Å². The Labute approximate surface area is 145 Å². The number of aryl methyl sites for hydroxylation is 2. The minimum Gasteiger partial charge on any atom is -0.476 e. The number of nitrogens with one attached hydrogen (secondary N) is 1. The summed E-state index contributed by atoms with van der Waals surface area (Å²) in [6.07, 6.45) is 3.21. The zero-order valence-corrected chi connectivity index (χ0v) is 14.3. The summed E-state index contributed by atoms with van der Waals surface area (Å²) in [6, 6.07) is 9.88. The summed E-state index contributed by atoms with van der Waals surface area (Å²) in [5.74, 6) is 1.30. The molecule has 0 fully saturated rings. The van der Waals surface area contributed by atoms with Crippen LogP contribution in [0, 0.1) is 13.8 Å². The Hall–Kier alpha value is -2.60. The molecule has 0 saturated carbocycles. The number of para-hydroxylation sites is 1. The average Bonchev–Trinajstić information content (AvgIpc) is 3.04. The quantitative estimate of drug-likeness (QED) is 0.695. The van der Waals surface area contributed by atoms with Crippen molar-refractivity contribution in [3.05, 3.63) is 59.1 Å². The molecule has 0 bridgehead atoms. The molecule has 0 saturated heterocycles. The van der Waals surface area contributed by atoms with E-state index < -0.39 is 0 Å². The molecule has 3 rings (SSSR count). The summed E-state index contributed by atoms with van der Waals surface area (Å²) in [5, 5.41) is 8.02. The van der Waals surface area contributed by atoms with Gasteiger partial charge in [0.05, 0.1) is 24.1 Å². The van der Waals surface area contributed by atoms with Gasteiger partial charge in [-0.2, -0.15) is 5.10 Å². The summed E-state index contributed by atoms with van der Waals surface area (Å²) in [4.78, 5) is 8.16. The highest BCUT2D eigenvalue weighted by molar-refractivity contribution is 6.33. The monoisotopic (exact) mass is 343 g/mol. The van der Waals surface area contributed by atoms with Crippen molar-refractivity contribution in [3.8, 4) is 11.6 Å². The van der Waals surface area contributed by atoms with Crippen LogP contribution >= 0.6 is 11.6 Å². The highest BCUT2D eigenvalue weighted by Crippen LogP contribution is 2.21. The summed E-state index contributed by atoms with van der Waals surface area (Å²) in [5.41, 5.74) is 2.88. The Bertz CT molecular complexity index is 833. The van der Waals surface area contributed by atoms with E-state index >= 15 is 0 Å². The van der Waals surface area contributed by atoms with Crippen molar-refractivity contribution in [3.63, 3.8) is 0 Å². The molecule has 1 N–H and O–H groups in total. The predicted octanol–water partition coefficient (Wildman–Crippen LogP) is 3.42. The standard InChI is InChI=1S/C17H18ClN5O/c1-12-5-3-4-6-14(12)23-15(7-8-22-23)24-10-9-19-17-16(18)13(2)20-11-21-17/h3-8,11H,9-10H2,1-2H3,(H,19,20,21). The van der Waals surface area contributed by atoms with Crippen LogP contribution in [0.3, 0.4) is 0 Å². The molecule has 1 aromatic carbocycles. The van der Waals surface area contributed by atoms with Crippen molar-refractivity contribution in [2.45, 2.75) is 13.8 Å². The summed E-state index contributed by atoms with van der Waals surface area (Å²) >= 11 is 6.15. The fourth-order valence-corrected chi connectivity index (χ4v) is 2.45. The van der Waals surface area contributed by atoms with Crippen LogP contribution in [-0.4, -0.2) is 32.9 Å². The van der Waals surface area contributed by atoms with Gasteiger partial charge in [0.1, 0.15) is 23.8 Å². The zero-order chi connectivity index (χ0) is 16.9. The van der Waals surface area contributed by atoms with Gasteiger partial charge >= 0.3 is 0 Å². The normalized spacial score (nSPS) is 10.6. The molecule has 2 aromatic heterocycles. The molecule has 0 atom stereocenters. The maximum Gasteiger partial charge on any atom is 0.216 e. The fourth-order valence-electron chi connectivity index (χ4n) is 2.29. The van der Waals surface area contributed by atoms with Crippen LogP contribution in [0.25, 0.3) is 5.69 Å². The molecule has 0 amide bonds. The van der Waals surface area contributed by atoms with Crippen molar-refractivity contribution >= 4 is 17.4 Å². The van der Waals surface area contributed by atoms with Crippen LogP contribution in [0.1, 0.15) is 11.3 Å². The second-order valence-electron chi connectivity index (χ2n) is 5.26. The molecule has 2 heterocycles. The number of nitrogens with zero attached hydrogens (tertiary/aromatic N) is 4. The Morgan fingerprint density at radius 1 is 1.17 bits per heavy atom. The molecular weight excluding hydrogens is 326 g/mol.